The Bertz CT molecular complexity index is 500. The van der Waals surface area contributed by atoms with Crippen LogP contribution in [0.2, 0.25) is 0 Å². The zero-order valence-corrected chi connectivity index (χ0v) is 12.6. The third kappa shape index (κ3) is 3.20. The molecular formula is C14H16BrNOS. The summed E-state index contributed by atoms with van der Waals surface area (Å²) < 4.78 is 1.11. The second kappa shape index (κ2) is 5.97. The maximum Gasteiger partial charge on any atom is 0.0652 e. The van der Waals surface area contributed by atoms with E-state index in [-0.39, 0.29) is 6.61 Å². The summed E-state index contributed by atoms with van der Waals surface area (Å²) in [7, 11) is 0. The van der Waals surface area contributed by atoms with Crippen LogP contribution in [0.4, 0.5) is 0 Å². The van der Waals surface area contributed by atoms with Gasteiger partial charge in [0, 0.05) is 21.3 Å². The number of hydrogen-bond acceptors (Lipinski definition) is 3. The van der Waals surface area contributed by atoms with Gasteiger partial charge in [0.25, 0.3) is 0 Å². The molecule has 2 N–H and O–H groups in total. The molecule has 2 nitrogen and oxygen atoms in total. The Balaban J connectivity index is 2.09. The Morgan fingerprint density at radius 2 is 2.06 bits per heavy atom. The Kier molecular flexibility index (Phi) is 4.56. The van der Waals surface area contributed by atoms with Crippen molar-refractivity contribution in [1.29, 1.82) is 0 Å². The van der Waals surface area contributed by atoms with Gasteiger partial charge in [-0.1, -0.05) is 30.3 Å². The number of rotatable bonds is 5. The minimum absolute atomic E-state index is 0.0730. The first kappa shape index (κ1) is 13.7. The van der Waals surface area contributed by atoms with Crippen LogP contribution in [0, 0.1) is 0 Å². The lowest BCUT2D eigenvalue weighted by atomic mass is 9.93. The molecule has 0 radical (unpaired) electrons. The Morgan fingerprint density at radius 3 is 2.61 bits per heavy atom. The van der Waals surface area contributed by atoms with Crippen molar-refractivity contribution in [2.45, 2.75) is 19.0 Å². The highest BCUT2D eigenvalue weighted by molar-refractivity contribution is 9.10. The lowest BCUT2D eigenvalue weighted by Gasteiger charge is -2.29. The van der Waals surface area contributed by atoms with Gasteiger partial charge in [-0.2, -0.15) is 0 Å². The largest absolute Gasteiger partial charge is 0.394 e. The standard InChI is InChI=1S/C14H16BrNOS/c1-14(10-17,11-5-3-2-4-6-11)16-8-13-7-12(15)9-18-13/h2-7,9,16-17H,8,10H2,1H3. The third-order valence-electron chi connectivity index (χ3n) is 3.00. The van der Waals surface area contributed by atoms with Crippen molar-refractivity contribution in [3.05, 3.63) is 56.7 Å². The number of hydrogen-bond donors (Lipinski definition) is 2. The van der Waals surface area contributed by atoms with Gasteiger partial charge in [0.2, 0.25) is 0 Å². The van der Waals surface area contributed by atoms with Crippen LogP contribution in [0.15, 0.2) is 46.3 Å². The van der Waals surface area contributed by atoms with E-state index < -0.39 is 5.54 Å². The fraction of sp³-hybridized carbons (Fsp3) is 0.286. The van der Waals surface area contributed by atoms with Crippen LogP contribution in [0.1, 0.15) is 17.4 Å². The van der Waals surface area contributed by atoms with E-state index >= 15 is 0 Å². The maximum atomic E-state index is 9.65. The Labute approximate surface area is 120 Å². The van der Waals surface area contributed by atoms with Gasteiger partial charge in [0.05, 0.1) is 12.1 Å². The van der Waals surface area contributed by atoms with Crippen LogP contribution >= 0.6 is 27.3 Å². The van der Waals surface area contributed by atoms with Crippen LogP contribution in [0.5, 0.6) is 0 Å². The van der Waals surface area contributed by atoms with Crippen molar-refractivity contribution in [1.82, 2.24) is 5.32 Å². The highest BCUT2D eigenvalue weighted by atomic mass is 79.9. The van der Waals surface area contributed by atoms with Crippen LogP contribution in [-0.2, 0) is 12.1 Å². The SMILES string of the molecule is CC(CO)(NCc1cc(Br)cs1)c1ccccc1. The average molecular weight is 326 g/mol. The summed E-state index contributed by atoms with van der Waals surface area (Å²) in [6, 6.07) is 12.1. The van der Waals surface area contributed by atoms with Crippen LogP contribution < -0.4 is 5.32 Å². The number of aliphatic hydroxyl groups is 1. The highest BCUT2D eigenvalue weighted by Gasteiger charge is 2.24. The van der Waals surface area contributed by atoms with Crippen molar-refractivity contribution in [3.63, 3.8) is 0 Å². The van der Waals surface area contributed by atoms with Gasteiger partial charge >= 0.3 is 0 Å². The third-order valence-corrected chi connectivity index (χ3v) is 4.70. The van der Waals surface area contributed by atoms with E-state index in [2.05, 4.69) is 32.7 Å². The molecule has 1 aromatic carbocycles. The number of benzene rings is 1. The number of aliphatic hydroxyl groups excluding tert-OH is 1. The minimum Gasteiger partial charge on any atom is -0.394 e. The summed E-state index contributed by atoms with van der Waals surface area (Å²) >= 11 is 5.15. The van der Waals surface area contributed by atoms with Gasteiger partial charge in [-0.3, -0.25) is 0 Å². The highest BCUT2D eigenvalue weighted by Crippen LogP contribution is 2.23. The molecule has 1 aromatic heterocycles. The lowest BCUT2D eigenvalue weighted by Crippen LogP contribution is -2.42. The van der Waals surface area contributed by atoms with Crippen LogP contribution in [0.3, 0.4) is 0 Å². The van der Waals surface area contributed by atoms with Gasteiger partial charge in [-0.05, 0) is 34.5 Å². The molecule has 18 heavy (non-hydrogen) atoms. The molecular weight excluding hydrogens is 310 g/mol. The lowest BCUT2D eigenvalue weighted by molar-refractivity contribution is 0.174. The van der Waals surface area contributed by atoms with Crippen molar-refractivity contribution in [2.24, 2.45) is 0 Å². The summed E-state index contributed by atoms with van der Waals surface area (Å²) in [5.41, 5.74) is 0.695. The molecule has 4 heteroatoms. The van der Waals surface area contributed by atoms with Crippen molar-refractivity contribution < 1.29 is 5.11 Å². The number of nitrogens with one attached hydrogen (secondary N) is 1. The van der Waals surface area contributed by atoms with E-state index in [1.54, 1.807) is 11.3 Å². The molecule has 1 unspecified atom stereocenters. The van der Waals surface area contributed by atoms with Gasteiger partial charge in [0.1, 0.15) is 0 Å². The molecule has 0 bridgehead atoms. The first-order valence-electron chi connectivity index (χ1n) is 5.78. The summed E-state index contributed by atoms with van der Waals surface area (Å²) in [6.45, 7) is 2.84. The predicted molar refractivity (Wildman–Crippen MR) is 79.7 cm³/mol. The quantitative estimate of drug-likeness (QED) is 0.881. The second-order valence-corrected chi connectivity index (χ2v) is 6.35. The van der Waals surface area contributed by atoms with E-state index in [4.69, 9.17) is 0 Å². The Morgan fingerprint density at radius 1 is 1.33 bits per heavy atom. The van der Waals surface area contributed by atoms with Crippen LogP contribution in [-0.4, -0.2) is 11.7 Å². The van der Waals surface area contributed by atoms with E-state index in [9.17, 15) is 5.11 Å². The molecule has 0 aliphatic carbocycles. The molecule has 96 valence electrons. The molecule has 0 spiro atoms. The zero-order valence-electron chi connectivity index (χ0n) is 10.2. The fourth-order valence-electron chi connectivity index (χ4n) is 1.78. The first-order valence-corrected chi connectivity index (χ1v) is 7.46. The average Bonchev–Trinajstić information content (AvgIpc) is 2.83. The molecule has 2 rings (SSSR count). The summed E-state index contributed by atoms with van der Waals surface area (Å²) in [5, 5.41) is 15.2. The van der Waals surface area contributed by atoms with Gasteiger partial charge < -0.3 is 10.4 Å². The van der Waals surface area contributed by atoms with E-state index in [1.807, 2.05) is 37.3 Å². The van der Waals surface area contributed by atoms with Crippen LogP contribution in [0.25, 0.3) is 0 Å². The molecule has 0 fully saturated rings. The van der Waals surface area contributed by atoms with Gasteiger partial charge in [-0.25, -0.2) is 0 Å². The number of thiophene rings is 1. The normalized spacial score (nSPS) is 14.4. The minimum atomic E-state index is -0.405. The zero-order chi connectivity index (χ0) is 13.0. The van der Waals surface area contributed by atoms with Crippen molar-refractivity contribution in [3.8, 4) is 0 Å². The molecule has 0 amide bonds. The van der Waals surface area contributed by atoms with Gasteiger partial charge in [-0.15, -0.1) is 11.3 Å². The van der Waals surface area contributed by atoms with Crippen molar-refractivity contribution in [2.75, 3.05) is 6.61 Å². The monoisotopic (exact) mass is 325 g/mol. The van der Waals surface area contributed by atoms with Gasteiger partial charge in [0.15, 0.2) is 0 Å². The Hall–Kier alpha value is -0.680. The summed E-state index contributed by atoms with van der Waals surface area (Å²) in [6.07, 6.45) is 0. The molecule has 0 aliphatic heterocycles. The number of halogens is 1. The molecule has 0 aliphatic rings. The maximum absolute atomic E-state index is 9.65. The van der Waals surface area contributed by atoms with E-state index in [0.29, 0.717) is 0 Å². The molecule has 0 saturated carbocycles. The summed E-state index contributed by atoms with van der Waals surface area (Å²) in [5.74, 6) is 0. The molecule has 0 saturated heterocycles. The van der Waals surface area contributed by atoms with E-state index in [0.717, 1.165) is 16.6 Å². The second-order valence-electron chi connectivity index (χ2n) is 4.44. The molecule has 1 atom stereocenters. The molecule has 1 heterocycles. The van der Waals surface area contributed by atoms with E-state index in [1.165, 1.54) is 4.88 Å². The fourth-order valence-corrected chi connectivity index (χ4v) is 3.17. The summed E-state index contributed by atoms with van der Waals surface area (Å²) in [4.78, 5) is 1.25. The van der Waals surface area contributed by atoms with Crippen molar-refractivity contribution >= 4 is 27.3 Å². The molecule has 2 aromatic rings. The topological polar surface area (TPSA) is 32.3 Å². The smallest absolute Gasteiger partial charge is 0.0652 e. The predicted octanol–water partition coefficient (Wildman–Crippen LogP) is 3.51. The first-order chi connectivity index (χ1) is 8.64.